The Balaban J connectivity index is 1.79. The minimum absolute atomic E-state index is 0.708. The lowest BCUT2D eigenvalue weighted by Crippen LogP contribution is -2.66. The highest BCUT2D eigenvalue weighted by Gasteiger charge is 2.52. The number of aliphatic hydroxyl groups excluding tert-OH is 9. The molecule has 0 aromatic carbocycles. The SMILES string of the molecule is C[C@@H]1O[C@@H](O)[C@H](O[C@@H]2O[C@@H](C)[C@@H](O)[C@@H](O)[C@@H]2O)[C@H](O[C@@H]2O[C@H](CO)[C@@H](O)[C@H](O)[C@H]2O)[C@H]1O. The van der Waals surface area contributed by atoms with Crippen molar-refractivity contribution in [2.45, 2.75) is 106 Å². The average Bonchev–Trinajstić information content (AvgIpc) is 2.76. The van der Waals surface area contributed by atoms with E-state index in [9.17, 15) is 46.0 Å². The maximum atomic E-state index is 10.6. The van der Waals surface area contributed by atoms with Crippen LogP contribution in [-0.2, 0) is 23.7 Å². The number of hydrogen-bond acceptors (Lipinski definition) is 14. The molecular formula is C18H32O14. The molecule has 0 unspecified atom stereocenters. The van der Waals surface area contributed by atoms with Gasteiger partial charge in [0.2, 0.25) is 0 Å². The Morgan fingerprint density at radius 1 is 0.562 bits per heavy atom. The van der Waals surface area contributed by atoms with Gasteiger partial charge in [0.25, 0.3) is 0 Å². The Kier molecular flexibility index (Phi) is 8.44. The van der Waals surface area contributed by atoms with E-state index >= 15 is 0 Å². The topological polar surface area (TPSA) is 228 Å². The molecule has 188 valence electrons. The van der Waals surface area contributed by atoms with Crippen molar-refractivity contribution in [1.29, 1.82) is 0 Å². The molecule has 0 spiro atoms. The Hall–Kier alpha value is -0.560. The van der Waals surface area contributed by atoms with Crippen molar-refractivity contribution in [3.05, 3.63) is 0 Å². The number of hydrogen-bond donors (Lipinski definition) is 9. The van der Waals surface area contributed by atoms with E-state index in [4.69, 9.17) is 23.7 Å². The summed E-state index contributed by atoms with van der Waals surface area (Å²) in [6.45, 7) is 2.13. The molecule has 0 saturated carbocycles. The fourth-order valence-corrected chi connectivity index (χ4v) is 3.92. The van der Waals surface area contributed by atoms with Crippen LogP contribution in [0.2, 0.25) is 0 Å². The van der Waals surface area contributed by atoms with Crippen LogP contribution in [-0.4, -0.2) is 145 Å². The third kappa shape index (κ3) is 4.94. The van der Waals surface area contributed by atoms with E-state index in [1.165, 1.54) is 13.8 Å². The molecule has 3 rings (SSSR count). The van der Waals surface area contributed by atoms with Gasteiger partial charge in [0.05, 0.1) is 18.8 Å². The molecule has 3 heterocycles. The summed E-state index contributed by atoms with van der Waals surface area (Å²) in [4.78, 5) is 0. The van der Waals surface area contributed by atoms with Crippen molar-refractivity contribution in [3.8, 4) is 0 Å². The fourth-order valence-electron chi connectivity index (χ4n) is 3.92. The van der Waals surface area contributed by atoms with Crippen molar-refractivity contribution in [2.24, 2.45) is 0 Å². The Morgan fingerprint density at radius 3 is 1.66 bits per heavy atom. The van der Waals surface area contributed by atoms with E-state index < -0.39 is 98.7 Å². The van der Waals surface area contributed by atoms with Crippen LogP contribution in [0.4, 0.5) is 0 Å². The quantitative estimate of drug-likeness (QED) is 0.182. The summed E-state index contributed by atoms with van der Waals surface area (Å²) in [5, 5.41) is 90.5. The molecular weight excluding hydrogens is 440 g/mol. The fraction of sp³-hybridized carbons (Fsp3) is 1.00. The molecule has 14 nitrogen and oxygen atoms in total. The van der Waals surface area contributed by atoms with Crippen LogP contribution in [0.25, 0.3) is 0 Å². The highest BCUT2D eigenvalue weighted by molar-refractivity contribution is 4.95. The molecule has 0 aliphatic carbocycles. The molecule has 15 atom stereocenters. The van der Waals surface area contributed by atoms with E-state index in [1.54, 1.807) is 0 Å². The van der Waals surface area contributed by atoms with Crippen LogP contribution in [0.15, 0.2) is 0 Å². The third-order valence-corrected chi connectivity index (χ3v) is 6.02. The van der Waals surface area contributed by atoms with Gasteiger partial charge in [-0.1, -0.05) is 0 Å². The van der Waals surface area contributed by atoms with Crippen LogP contribution in [0, 0.1) is 0 Å². The molecule has 0 aromatic heterocycles. The van der Waals surface area contributed by atoms with Gasteiger partial charge >= 0.3 is 0 Å². The molecule has 9 N–H and O–H groups in total. The zero-order valence-corrected chi connectivity index (χ0v) is 17.4. The van der Waals surface area contributed by atoms with E-state index in [-0.39, 0.29) is 0 Å². The predicted molar refractivity (Wildman–Crippen MR) is 98.4 cm³/mol. The Bertz CT molecular complexity index is 608. The van der Waals surface area contributed by atoms with Crippen molar-refractivity contribution < 1.29 is 69.6 Å². The first kappa shape index (κ1) is 26.1. The molecule has 3 saturated heterocycles. The highest BCUT2D eigenvalue weighted by Crippen LogP contribution is 2.32. The van der Waals surface area contributed by atoms with E-state index in [0.717, 1.165) is 0 Å². The van der Waals surface area contributed by atoms with Crippen LogP contribution in [0.5, 0.6) is 0 Å². The molecule has 3 aliphatic heterocycles. The minimum atomic E-state index is -1.79. The highest BCUT2D eigenvalue weighted by atomic mass is 16.8. The second-order valence-corrected chi connectivity index (χ2v) is 8.30. The molecule has 0 bridgehead atoms. The normalized spacial score (nSPS) is 55.0. The lowest BCUT2D eigenvalue weighted by Gasteiger charge is -2.47. The first-order valence-corrected chi connectivity index (χ1v) is 10.3. The molecule has 3 fully saturated rings. The molecule has 0 amide bonds. The van der Waals surface area contributed by atoms with E-state index in [1.807, 2.05) is 0 Å². The van der Waals surface area contributed by atoms with Gasteiger partial charge in [0.1, 0.15) is 61.0 Å². The minimum Gasteiger partial charge on any atom is -0.394 e. The third-order valence-electron chi connectivity index (χ3n) is 6.02. The smallest absolute Gasteiger partial charge is 0.187 e. The second-order valence-electron chi connectivity index (χ2n) is 8.30. The van der Waals surface area contributed by atoms with Crippen molar-refractivity contribution in [3.63, 3.8) is 0 Å². The standard InChI is InChI=1S/C18H32O14/c1-4-7(20)10(23)12(25)17(29-4)32-15-14(8(21)5(2)28-16(15)27)31-18-13(26)11(24)9(22)6(3-19)30-18/h4-27H,3H2,1-2H3/t4-,5-,6+,7+,8-,9+,10+,11-,12-,13+,14+,15+,16+,17-,18-/m0/s1. The van der Waals surface area contributed by atoms with E-state index in [0.29, 0.717) is 0 Å². The summed E-state index contributed by atoms with van der Waals surface area (Å²) in [5.74, 6) is 0. The van der Waals surface area contributed by atoms with Gasteiger partial charge in [0.15, 0.2) is 18.9 Å². The summed E-state index contributed by atoms with van der Waals surface area (Å²) < 4.78 is 27.0. The maximum Gasteiger partial charge on any atom is 0.187 e. The molecule has 14 heteroatoms. The number of rotatable bonds is 5. The van der Waals surface area contributed by atoms with Gasteiger partial charge in [-0.25, -0.2) is 0 Å². The van der Waals surface area contributed by atoms with Crippen LogP contribution in [0.3, 0.4) is 0 Å². The zero-order valence-electron chi connectivity index (χ0n) is 17.4. The lowest BCUT2D eigenvalue weighted by molar-refractivity contribution is -0.384. The molecule has 0 aromatic rings. The lowest BCUT2D eigenvalue weighted by atomic mass is 9.96. The number of ether oxygens (including phenoxy) is 5. The first-order valence-electron chi connectivity index (χ1n) is 10.3. The largest absolute Gasteiger partial charge is 0.394 e. The summed E-state index contributed by atoms with van der Waals surface area (Å²) in [6, 6.07) is 0. The van der Waals surface area contributed by atoms with Crippen molar-refractivity contribution >= 4 is 0 Å². The maximum absolute atomic E-state index is 10.6. The van der Waals surface area contributed by atoms with Crippen LogP contribution in [0.1, 0.15) is 13.8 Å². The van der Waals surface area contributed by atoms with Gasteiger partial charge in [0, 0.05) is 0 Å². The van der Waals surface area contributed by atoms with Gasteiger partial charge in [-0.05, 0) is 13.8 Å². The zero-order chi connectivity index (χ0) is 23.9. The molecule has 0 radical (unpaired) electrons. The van der Waals surface area contributed by atoms with Gasteiger partial charge in [-0.3, -0.25) is 0 Å². The summed E-state index contributed by atoms with van der Waals surface area (Å²) >= 11 is 0. The number of aliphatic hydroxyl groups is 9. The molecule has 3 aliphatic rings. The second kappa shape index (κ2) is 10.4. The van der Waals surface area contributed by atoms with Crippen LogP contribution >= 0.6 is 0 Å². The average molecular weight is 472 g/mol. The summed E-state index contributed by atoms with van der Waals surface area (Å²) in [5.41, 5.74) is 0. The van der Waals surface area contributed by atoms with Gasteiger partial charge < -0.3 is 69.6 Å². The monoisotopic (exact) mass is 472 g/mol. The first-order chi connectivity index (χ1) is 15.0. The van der Waals surface area contributed by atoms with Crippen molar-refractivity contribution in [2.75, 3.05) is 6.61 Å². The summed E-state index contributed by atoms with van der Waals surface area (Å²) in [7, 11) is 0. The molecule has 32 heavy (non-hydrogen) atoms. The van der Waals surface area contributed by atoms with Gasteiger partial charge in [-0.2, -0.15) is 0 Å². The Morgan fingerprint density at radius 2 is 1.06 bits per heavy atom. The van der Waals surface area contributed by atoms with Crippen LogP contribution < -0.4 is 0 Å². The predicted octanol–water partition coefficient (Wildman–Crippen LogP) is -5.52. The summed E-state index contributed by atoms with van der Waals surface area (Å²) in [6.07, 6.45) is -22.6. The van der Waals surface area contributed by atoms with E-state index in [2.05, 4.69) is 0 Å². The van der Waals surface area contributed by atoms with Crippen molar-refractivity contribution in [1.82, 2.24) is 0 Å². The Labute approximate surface area is 183 Å². The van der Waals surface area contributed by atoms with Gasteiger partial charge in [-0.15, -0.1) is 0 Å².